The molecule has 0 saturated heterocycles. The van der Waals surface area contributed by atoms with Crippen LogP contribution in [0.5, 0.6) is 5.75 Å². The highest BCUT2D eigenvalue weighted by Crippen LogP contribution is 2.29. The molecule has 29 heavy (non-hydrogen) atoms. The summed E-state index contributed by atoms with van der Waals surface area (Å²) in [6.07, 6.45) is 0. The van der Waals surface area contributed by atoms with Gasteiger partial charge in [-0.25, -0.2) is 4.98 Å². The molecule has 1 amide bonds. The summed E-state index contributed by atoms with van der Waals surface area (Å²) in [4.78, 5) is 18.0. The average molecular weight is 391 g/mol. The smallest absolute Gasteiger partial charge is 0.256 e. The third-order valence-electron chi connectivity index (χ3n) is 4.87. The first-order valence-electron chi connectivity index (χ1n) is 9.12. The number of methoxy groups -OCH3 is 1. The molecule has 0 unspecified atom stereocenters. The SMILES string of the molecule is COc1ccc(-c2cc(C(=O)Nc3c(C)noc3C)c3c(C)nn(C)c3n2)cc1. The summed E-state index contributed by atoms with van der Waals surface area (Å²) in [5, 5.41) is 12.0. The van der Waals surface area contributed by atoms with Crippen molar-refractivity contribution in [1.29, 1.82) is 0 Å². The number of aryl methyl sites for hydroxylation is 4. The number of nitrogens with zero attached hydrogens (tertiary/aromatic N) is 4. The molecule has 3 aromatic heterocycles. The summed E-state index contributed by atoms with van der Waals surface area (Å²) >= 11 is 0. The third-order valence-corrected chi connectivity index (χ3v) is 4.87. The van der Waals surface area contributed by atoms with Gasteiger partial charge in [-0.15, -0.1) is 0 Å². The number of hydrogen-bond donors (Lipinski definition) is 1. The molecule has 3 heterocycles. The monoisotopic (exact) mass is 391 g/mol. The Kier molecular flexibility index (Phi) is 4.54. The van der Waals surface area contributed by atoms with Crippen LogP contribution in [-0.4, -0.2) is 32.9 Å². The summed E-state index contributed by atoms with van der Waals surface area (Å²) in [5.41, 5.74) is 4.61. The van der Waals surface area contributed by atoms with Crippen LogP contribution >= 0.6 is 0 Å². The average Bonchev–Trinajstić information content (AvgIpc) is 3.20. The number of aromatic nitrogens is 4. The topological polar surface area (TPSA) is 95.1 Å². The van der Waals surface area contributed by atoms with Gasteiger partial charge in [0.2, 0.25) is 0 Å². The van der Waals surface area contributed by atoms with Crippen molar-refractivity contribution in [2.24, 2.45) is 7.05 Å². The van der Waals surface area contributed by atoms with Crippen LogP contribution in [0.4, 0.5) is 5.69 Å². The zero-order valence-corrected chi connectivity index (χ0v) is 16.9. The minimum Gasteiger partial charge on any atom is -0.497 e. The molecule has 148 valence electrons. The van der Waals surface area contributed by atoms with Gasteiger partial charge in [0.25, 0.3) is 5.91 Å². The van der Waals surface area contributed by atoms with Crippen LogP contribution in [0, 0.1) is 20.8 Å². The molecule has 0 radical (unpaired) electrons. The molecule has 4 rings (SSSR count). The molecule has 0 saturated carbocycles. The molecular weight excluding hydrogens is 370 g/mol. The molecule has 1 aromatic carbocycles. The van der Waals surface area contributed by atoms with Gasteiger partial charge in [-0.1, -0.05) is 5.16 Å². The van der Waals surface area contributed by atoms with E-state index in [-0.39, 0.29) is 5.91 Å². The van der Waals surface area contributed by atoms with Gasteiger partial charge < -0.3 is 14.6 Å². The standard InChI is InChI=1S/C21H21N5O3/c1-11-18-16(21(27)23-19-12(2)25-29-13(19)3)10-17(22-20(18)26(4)24-11)14-6-8-15(28-5)9-7-14/h6-10H,1-5H3,(H,23,27). The number of carbonyl (C=O) groups excluding carboxylic acids is 1. The van der Waals surface area contributed by atoms with Gasteiger partial charge in [-0.05, 0) is 51.1 Å². The van der Waals surface area contributed by atoms with Crippen molar-refractivity contribution in [3.8, 4) is 17.0 Å². The van der Waals surface area contributed by atoms with E-state index in [1.54, 1.807) is 31.7 Å². The molecule has 0 fully saturated rings. The van der Waals surface area contributed by atoms with E-state index >= 15 is 0 Å². The van der Waals surface area contributed by atoms with Crippen LogP contribution in [-0.2, 0) is 7.05 Å². The van der Waals surface area contributed by atoms with Crippen LogP contribution in [0.3, 0.4) is 0 Å². The van der Waals surface area contributed by atoms with Crippen molar-refractivity contribution in [3.05, 3.63) is 53.0 Å². The van der Waals surface area contributed by atoms with E-state index < -0.39 is 0 Å². The Balaban J connectivity index is 1.86. The van der Waals surface area contributed by atoms with E-state index in [9.17, 15) is 4.79 Å². The van der Waals surface area contributed by atoms with Gasteiger partial charge in [0, 0.05) is 12.6 Å². The number of hydrogen-bond acceptors (Lipinski definition) is 6. The normalized spacial score (nSPS) is 11.1. The summed E-state index contributed by atoms with van der Waals surface area (Å²) < 4.78 is 12.1. The first-order chi connectivity index (χ1) is 13.9. The molecular formula is C21H21N5O3. The second kappa shape index (κ2) is 7.05. The molecule has 0 aliphatic heterocycles. The van der Waals surface area contributed by atoms with Crippen LogP contribution in [0.1, 0.15) is 27.5 Å². The Bertz CT molecular complexity index is 1200. The number of amides is 1. The lowest BCUT2D eigenvalue weighted by molar-refractivity contribution is 0.102. The predicted octanol–water partition coefficient (Wildman–Crippen LogP) is 3.81. The quantitative estimate of drug-likeness (QED) is 0.568. The van der Waals surface area contributed by atoms with Gasteiger partial charge >= 0.3 is 0 Å². The second-order valence-corrected chi connectivity index (χ2v) is 6.84. The highest BCUT2D eigenvalue weighted by atomic mass is 16.5. The van der Waals surface area contributed by atoms with E-state index in [4.69, 9.17) is 14.2 Å². The highest BCUT2D eigenvalue weighted by Gasteiger charge is 2.21. The molecule has 8 heteroatoms. The molecule has 0 aliphatic rings. The van der Waals surface area contributed by atoms with Crippen molar-refractivity contribution in [2.45, 2.75) is 20.8 Å². The van der Waals surface area contributed by atoms with E-state index in [0.29, 0.717) is 39.4 Å². The third kappa shape index (κ3) is 3.22. The number of carbonyl (C=O) groups is 1. The van der Waals surface area contributed by atoms with Crippen LogP contribution in [0.2, 0.25) is 0 Å². The summed E-state index contributed by atoms with van der Waals surface area (Å²) in [5.74, 6) is 1.04. The van der Waals surface area contributed by atoms with Crippen molar-refractivity contribution in [3.63, 3.8) is 0 Å². The lowest BCUT2D eigenvalue weighted by atomic mass is 10.0. The Morgan fingerprint density at radius 1 is 1.14 bits per heavy atom. The highest BCUT2D eigenvalue weighted by molar-refractivity contribution is 6.13. The van der Waals surface area contributed by atoms with Crippen LogP contribution < -0.4 is 10.1 Å². The minimum atomic E-state index is -0.266. The molecule has 0 atom stereocenters. The van der Waals surface area contributed by atoms with Gasteiger partial charge in [0.15, 0.2) is 11.4 Å². The van der Waals surface area contributed by atoms with E-state index in [0.717, 1.165) is 17.0 Å². The molecule has 0 spiro atoms. The molecule has 1 N–H and O–H groups in total. The summed E-state index contributed by atoms with van der Waals surface area (Å²) in [6, 6.07) is 9.32. The molecule has 0 bridgehead atoms. The molecule has 8 nitrogen and oxygen atoms in total. The number of nitrogens with one attached hydrogen (secondary N) is 1. The Labute approximate surface area is 167 Å². The van der Waals surface area contributed by atoms with Crippen molar-refractivity contribution in [1.82, 2.24) is 19.9 Å². The zero-order valence-electron chi connectivity index (χ0n) is 16.9. The van der Waals surface area contributed by atoms with Crippen LogP contribution in [0.15, 0.2) is 34.9 Å². The maximum atomic E-state index is 13.2. The maximum absolute atomic E-state index is 13.2. The number of anilines is 1. The molecule has 0 aliphatic carbocycles. The fourth-order valence-electron chi connectivity index (χ4n) is 3.38. The number of rotatable bonds is 4. The lowest BCUT2D eigenvalue weighted by Gasteiger charge is -2.10. The zero-order chi connectivity index (χ0) is 20.7. The number of fused-ring (bicyclic) bond motifs is 1. The van der Waals surface area contributed by atoms with Crippen molar-refractivity contribution < 1.29 is 14.1 Å². The summed E-state index contributed by atoms with van der Waals surface area (Å²) in [6.45, 7) is 5.41. The first-order valence-corrected chi connectivity index (χ1v) is 9.12. The van der Waals surface area contributed by atoms with Gasteiger partial charge in [-0.2, -0.15) is 5.10 Å². The largest absolute Gasteiger partial charge is 0.497 e. The van der Waals surface area contributed by atoms with Crippen LogP contribution in [0.25, 0.3) is 22.3 Å². The fraction of sp³-hybridized carbons (Fsp3) is 0.238. The number of ether oxygens (including phenoxy) is 1. The van der Waals surface area contributed by atoms with Gasteiger partial charge in [-0.3, -0.25) is 9.48 Å². The van der Waals surface area contributed by atoms with E-state index in [1.807, 2.05) is 38.2 Å². The number of benzene rings is 1. The Morgan fingerprint density at radius 3 is 2.48 bits per heavy atom. The van der Waals surface area contributed by atoms with E-state index in [2.05, 4.69) is 15.6 Å². The van der Waals surface area contributed by atoms with E-state index in [1.165, 1.54) is 0 Å². The predicted molar refractivity (Wildman–Crippen MR) is 109 cm³/mol. The number of pyridine rings is 1. The maximum Gasteiger partial charge on any atom is 0.256 e. The van der Waals surface area contributed by atoms with Gasteiger partial charge in [0.1, 0.15) is 17.1 Å². The van der Waals surface area contributed by atoms with Gasteiger partial charge in [0.05, 0.1) is 29.4 Å². The molecule has 4 aromatic rings. The Hall–Kier alpha value is -3.68. The first kappa shape index (κ1) is 18.7. The minimum absolute atomic E-state index is 0.266. The lowest BCUT2D eigenvalue weighted by Crippen LogP contribution is -2.14. The van der Waals surface area contributed by atoms with Crippen molar-refractivity contribution >= 4 is 22.6 Å². The fourth-order valence-corrected chi connectivity index (χ4v) is 3.38. The van der Waals surface area contributed by atoms with Crippen molar-refractivity contribution in [2.75, 3.05) is 12.4 Å². The second-order valence-electron chi connectivity index (χ2n) is 6.84. The Morgan fingerprint density at radius 2 is 1.86 bits per heavy atom. The summed E-state index contributed by atoms with van der Waals surface area (Å²) in [7, 11) is 3.44.